The molecule has 2 aromatic rings. The fourth-order valence-electron chi connectivity index (χ4n) is 3.83. The van der Waals surface area contributed by atoms with Crippen LogP contribution < -0.4 is 5.32 Å². The van der Waals surface area contributed by atoms with Crippen molar-refractivity contribution in [1.29, 1.82) is 0 Å². The van der Waals surface area contributed by atoms with E-state index in [2.05, 4.69) is 15.5 Å². The molecule has 1 aromatic carbocycles. The van der Waals surface area contributed by atoms with Crippen molar-refractivity contribution in [3.05, 3.63) is 35.9 Å². The summed E-state index contributed by atoms with van der Waals surface area (Å²) in [6.45, 7) is 1.74. The summed E-state index contributed by atoms with van der Waals surface area (Å²) in [6, 6.07) is 10.6. The Morgan fingerprint density at radius 3 is 2.56 bits per heavy atom. The lowest BCUT2D eigenvalue weighted by atomic mass is 9.96. The van der Waals surface area contributed by atoms with Gasteiger partial charge in [-0.15, -0.1) is 10.2 Å². The highest BCUT2D eigenvalue weighted by Crippen LogP contribution is 2.40. The van der Waals surface area contributed by atoms with Gasteiger partial charge in [-0.05, 0) is 31.2 Å². The number of thioether (sulfide) groups is 1. The Kier molecular flexibility index (Phi) is 6.29. The zero-order valence-corrected chi connectivity index (χ0v) is 17.1. The molecule has 1 aliphatic heterocycles. The van der Waals surface area contributed by atoms with Crippen LogP contribution in [-0.4, -0.2) is 40.1 Å². The molecule has 1 N–H and O–H groups in total. The predicted octanol–water partition coefficient (Wildman–Crippen LogP) is 4.74. The number of nitrogens with one attached hydrogen (secondary N) is 1. The summed E-state index contributed by atoms with van der Waals surface area (Å²) in [5.41, 5.74) is 1.04. The van der Waals surface area contributed by atoms with Gasteiger partial charge in [0.1, 0.15) is 5.25 Å². The van der Waals surface area contributed by atoms with Crippen LogP contribution in [0, 0.1) is 0 Å². The third-order valence-electron chi connectivity index (χ3n) is 5.30. The van der Waals surface area contributed by atoms with Crippen molar-refractivity contribution in [2.24, 2.45) is 0 Å². The molecule has 4 rings (SSSR count). The number of carbonyl (C=O) groups excluding carboxylic acids is 1. The van der Waals surface area contributed by atoms with Gasteiger partial charge in [-0.25, -0.2) is 0 Å². The van der Waals surface area contributed by atoms with E-state index in [9.17, 15) is 4.79 Å². The van der Waals surface area contributed by atoms with E-state index in [1.165, 1.54) is 43.9 Å². The second kappa shape index (κ2) is 9.06. The summed E-state index contributed by atoms with van der Waals surface area (Å²) in [6.07, 6.45) is 8.55. The monoisotopic (exact) mass is 402 g/mol. The first-order valence-electron chi connectivity index (χ1n) is 9.90. The van der Waals surface area contributed by atoms with Gasteiger partial charge in [-0.2, -0.15) is 0 Å². The number of hydrogen-bond acceptors (Lipinski definition) is 6. The minimum Gasteiger partial charge on any atom is -0.357 e. The number of nitrogens with zero attached hydrogens (tertiary/aromatic N) is 3. The molecule has 144 valence electrons. The smallest absolute Gasteiger partial charge is 0.240 e. The van der Waals surface area contributed by atoms with E-state index in [4.69, 9.17) is 0 Å². The molecule has 7 heteroatoms. The maximum absolute atomic E-state index is 13.1. The van der Waals surface area contributed by atoms with Crippen molar-refractivity contribution in [1.82, 2.24) is 15.1 Å². The van der Waals surface area contributed by atoms with Gasteiger partial charge >= 0.3 is 0 Å². The zero-order valence-electron chi connectivity index (χ0n) is 15.5. The van der Waals surface area contributed by atoms with E-state index >= 15 is 0 Å². The lowest BCUT2D eigenvalue weighted by molar-refractivity contribution is -0.129. The zero-order chi connectivity index (χ0) is 18.5. The van der Waals surface area contributed by atoms with E-state index in [1.807, 2.05) is 35.2 Å². The van der Waals surface area contributed by atoms with Crippen LogP contribution in [0.25, 0.3) is 0 Å². The van der Waals surface area contributed by atoms with Crippen LogP contribution in [0.3, 0.4) is 0 Å². The van der Waals surface area contributed by atoms with Crippen molar-refractivity contribution in [3.63, 3.8) is 0 Å². The summed E-state index contributed by atoms with van der Waals surface area (Å²) in [4.78, 5) is 15.1. The minimum absolute atomic E-state index is 0.195. The van der Waals surface area contributed by atoms with Gasteiger partial charge in [0.15, 0.2) is 4.34 Å². The largest absolute Gasteiger partial charge is 0.357 e. The number of amides is 1. The van der Waals surface area contributed by atoms with Crippen LogP contribution in [0.4, 0.5) is 5.13 Å². The Morgan fingerprint density at radius 1 is 1.07 bits per heavy atom. The number of likely N-dealkylation sites (tertiary alicyclic amines) is 1. The number of aromatic nitrogens is 2. The fourth-order valence-corrected chi connectivity index (χ4v) is 5.94. The lowest BCUT2D eigenvalue weighted by Gasteiger charge is -2.22. The number of hydrogen-bond donors (Lipinski definition) is 1. The molecule has 1 aliphatic carbocycles. The van der Waals surface area contributed by atoms with Gasteiger partial charge in [0.05, 0.1) is 0 Å². The standard InChI is InChI=1S/C20H26N4OS2/c25-18(24-13-7-8-14-24)17(15-9-3-1-4-10-15)26-20-23-22-19(27-20)21-16-11-5-2-6-12-16/h1,3-4,9-10,16-17H,2,5-8,11-14H2,(H,21,22)/t17-/m1/s1. The number of rotatable bonds is 6. The average molecular weight is 403 g/mol. The van der Waals surface area contributed by atoms with Crippen LogP contribution in [0.15, 0.2) is 34.7 Å². The molecule has 1 saturated heterocycles. The maximum atomic E-state index is 13.1. The minimum atomic E-state index is -0.250. The van der Waals surface area contributed by atoms with Crippen molar-refractivity contribution in [3.8, 4) is 0 Å². The average Bonchev–Trinajstić information content (AvgIpc) is 3.39. The Bertz CT molecular complexity index is 739. The van der Waals surface area contributed by atoms with Gasteiger partial charge < -0.3 is 10.2 Å². The Morgan fingerprint density at radius 2 is 1.81 bits per heavy atom. The van der Waals surface area contributed by atoms with Gasteiger partial charge in [0.25, 0.3) is 0 Å². The van der Waals surface area contributed by atoms with Crippen LogP contribution in [0.5, 0.6) is 0 Å². The van der Waals surface area contributed by atoms with E-state index in [0.717, 1.165) is 41.0 Å². The van der Waals surface area contributed by atoms with Crippen LogP contribution in [0.1, 0.15) is 55.8 Å². The Balaban J connectivity index is 1.47. The van der Waals surface area contributed by atoms with Crippen molar-refractivity contribution >= 4 is 34.1 Å². The highest BCUT2D eigenvalue weighted by Gasteiger charge is 2.30. The molecule has 27 heavy (non-hydrogen) atoms. The first-order chi connectivity index (χ1) is 13.3. The highest BCUT2D eigenvalue weighted by molar-refractivity contribution is 8.01. The van der Waals surface area contributed by atoms with E-state index in [-0.39, 0.29) is 11.2 Å². The molecule has 0 spiro atoms. The van der Waals surface area contributed by atoms with Gasteiger partial charge in [-0.3, -0.25) is 4.79 Å². The molecular formula is C20H26N4OS2. The highest BCUT2D eigenvalue weighted by atomic mass is 32.2. The maximum Gasteiger partial charge on any atom is 0.240 e. The first-order valence-corrected chi connectivity index (χ1v) is 11.6. The molecule has 2 heterocycles. The molecule has 1 atom stereocenters. The topological polar surface area (TPSA) is 58.1 Å². The van der Waals surface area contributed by atoms with E-state index in [1.54, 1.807) is 11.3 Å². The van der Waals surface area contributed by atoms with E-state index < -0.39 is 0 Å². The van der Waals surface area contributed by atoms with Gasteiger partial charge in [0, 0.05) is 19.1 Å². The summed E-state index contributed by atoms with van der Waals surface area (Å²) < 4.78 is 0.856. The molecular weight excluding hydrogens is 376 g/mol. The summed E-state index contributed by atoms with van der Waals surface area (Å²) in [7, 11) is 0. The SMILES string of the molecule is O=C([C@H](Sc1nnc(NC2CCCCC2)s1)c1ccccc1)N1CCCC1. The first kappa shape index (κ1) is 18.7. The van der Waals surface area contributed by atoms with E-state index in [0.29, 0.717) is 6.04 Å². The lowest BCUT2D eigenvalue weighted by Crippen LogP contribution is -2.31. The molecule has 1 amide bonds. The second-order valence-corrected chi connectivity index (χ2v) is 9.62. The molecule has 1 saturated carbocycles. The number of benzene rings is 1. The Labute approximate surface area is 168 Å². The Hall–Kier alpha value is -1.60. The molecule has 2 fully saturated rings. The van der Waals surface area contributed by atoms with Gasteiger partial charge in [-0.1, -0.05) is 72.7 Å². The van der Waals surface area contributed by atoms with Crippen LogP contribution in [0.2, 0.25) is 0 Å². The molecule has 2 aliphatic rings. The van der Waals surface area contributed by atoms with Crippen molar-refractivity contribution < 1.29 is 4.79 Å². The second-order valence-electron chi connectivity index (χ2n) is 7.29. The third kappa shape index (κ3) is 4.82. The predicted molar refractivity (Wildman–Crippen MR) is 111 cm³/mol. The van der Waals surface area contributed by atoms with Crippen molar-refractivity contribution in [2.75, 3.05) is 18.4 Å². The van der Waals surface area contributed by atoms with Crippen molar-refractivity contribution in [2.45, 2.75) is 60.6 Å². The quantitative estimate of drug-likeness (QED) is 0.707. The fraction of sp³-hybridized carbons (Fsp3) is 0.550. The number of carbonyl (C=O) groups is 1. The van der Waals surface area contributed by atoms with Crippen LogP contribution in [-0.2, 0) is 4.79 Å². The molecule has 0 radical (unpaired) electrons. The van der Waals surface area contributed by atoms with Crippen LogP contribution >= 0.6 is 23.1 Å². The summed E-state index contributed by atoms with van der Waals surface area (Å²) in [5, 5.41) is 12.8. The number of anilines is 1. The molecule has 0 bridgehead atoms. The summed E-state index contributed by atoms with van der Waals surface area (Å²) >= 11 is 3.10. The molecule has 0 unspecified atom stereocenters. The molecule has 5 nitrogen and oxygen atoms in total. The normalized spacial score (nSPS) is 19.2. The summed E-state index contributed by atoms with van der Waals surface area (Å²) in [5.74, 6) is 0.195. The third-order valence-corrected chi connectivity index (χ3v) is 7.48. The molecule has 1 aromatic heterocycles. The van der Waals surface area contributed by atoms with Gasteiger partial charge in [0.2, 0.25) is 11.0 Å².